The average molecular weight is 359 g/mol. The molecule has 0 radical (unpaired) electrons. The van der Waals surface area contributed by atoms with Crippen molar-refractivity contribution >= 4 is 5.97 Å². The first-order valence-corrected chi connectivity index (χ1v) is 8.74. The zero-order chi connectivity index (χ0) is 18.7. The lowest BCUT2D eigenvalue weighted by atomic mass is 9.88. The molecule has 140 valence electrons. The number of rotatable bonds is 7. The van der Waals surface area contributed by atoms with Crippen molar-refractivity contribution in [3.63, 3.8) is 0 Å². The van der Waals surface area contributed by atoms with Crippen molar-refractivity contribution in [1.82, 2.24) is 14.7 Å². The fraction of sp³-hybridized carbons (Fsp3) is 0.474. The molecule has 0 spiro atoms. The topological polar surface area (TPSA) is 76.8 Å². The van der Waals surface area contributed by atoms with Gasteiger partial charge in [0.15, 0.2) is 11.5 Å². The van der Waals surface area contributed by atoms with Gasteiger partial charge in [0.1, 0.15) is 0 Å². The van der Waals surface area contributed by atoms with Crippen molar-refractivity contribution < 1.29 is 19.4 Å². The van der Waals surface area contributed by atoms with E-state index in [2.05, 4.69) is 10.00 Å². The minimum absolute atomic E-state index is 0.154. The molecule has 2 atom stereocenters. The fourth-order valence-electron chi connectivity index (χ4n) is 3.70. The predicted molar refractivity (Wildman–Crippen MR) is 96.6 cm³/mol. The summed E-state index contributed by atoms with van der Waals surface area (Å²) in [4.78, 5) is 14.0. The van der Waals surface area contributed by atoms with Gasteiger partial charge in [0.25, 0.3) is 0 Å². The molecule has 0 amide bonds. The maximum atomic E-state index is 11.9. The monoisotopic (exact) mass is 359 g/mol. The zero-order valence-electron chi connectivity index (χ0n) is 15.4. The lowest BCUT2D eigenvalue weighted by Gasteiger charge is -2.20. The number of carboxylic acids is 1. The molecule has 1 aliphatic heterocycles. The minimum Gasteiger partial charge on any atom is -0.493 e. The van der Waals surface area contributed by atoms with Gasteiger partial charge in [0, 0.05) is 49.4 Å². The first-order valence-electron chi connectivity index (χ1n) is 8.74. The largest absolute Gasteiger partial charge is 0.493 e. The maximum absolute atomic E-state index is 11.9. The van der Waals surface area contributed by atoms with Crippen LogP contribution in [0.3, 0.4) is 0 Å². The maximum Gasteiger partial charge on any atom is 0.308 e. The third-order valence-electron chi connectivity index (χ3n) is 4.96. The summed E-state index contributed by atoms with van der Waals surface area (Å²) in [5.74, 6) is -0.189. The number of likely N-dealkylation sites (tertiary alicyclic amines) is 1. The van der Waals surface area contributed by atoms with E-state index in [1.165, 1.54) is 0 Å². The number of aryl methyl sites for hydroxylation is 1. The second kappa shape index (κ2) is 7.78. The Morgan fingerprint density at radius 1 is 1.31 bits per heavy atom. The molecule has 1 aliphatic rings. The molecule has 3 rings (SSSR count). The Hall–Kier alpha value is -2.54. The van der Waals surface area contributed by atoms with Crippen LogP contribution in [0.4, 0.5) is 0 Å². The normalized spacial score (nSPS) is 20.3. The van der Waals surface area contributed by atoms with E-state index in [9.17, 15) is 9.90 Å². The highest BCUT2D eigenvalue weighted by molar-refractivity contribution is 5.73. The molecule has 26 heavy (non-hydrogen) atoms. The summed E-state index contributed by atoms with van der Waals surface area (Å²) in [6.45, 7) is 4.70. The van der Waals surface area contributed by atoms with Crippen LogP contribution in [0.15, 0.2) is 30.6 Å². The van der Waals surface area contributed by atoms with E-state index in [1.54, 1.807) is 14.2 Å². The molecule has 0 saturated carbocycles. The number of hydrogen-bond donors (Lipinski definition) is 1. The molecular formula is C19H25N3O4. The molecule has 7 heteroatoms. The van der Waals surface area contributed by atoms with Crippen molar-refractivity contribution in [2.24, 2.45) is 5.92 Å². The summed E-state index contributed by atoms with van der Waals surface area (Å²) in [6, 6.07) is 5.63. The lowest BCUT2D eigenvalue weighted by Crippen LogP contribution is -2.23. The molecule has 2 aromatic rings. The Bertz CT molecular complexity index is 774. The number of nitrogens with zero attached hydrogens (tertiary/aromatic N) is 3. The van der Waals surface area contributed by atoms with Crippen LogP contribution in [0, 0.1) is 5.92 Å². The summed E-state index contributed by atoms with van der Waals surface area (Å²) >= 11 is 0. The van der Waals surface area contributed by atoms with Crippen LogP contribution in [-0.2, 0) is 17.9 Å². The Morgan fingerprint density at radius 3 is 2.73 bits per heavy atom. The molecule has 2 heterocycles. The molecule has 1 N–H and O–H groups in total. The number of aliphatic carboxylic acids is 1. The first kappa shape index (κ1) is 18.3. The van der Waals surface area contributed by atoms with Gasteiger partial charge >= 0.3 is 5.97 Å². The van der Waals surface area contributed by atoms with E-state index in [0.717, 1.165) is 17.7 Å². The second-order valence-corrected chi connectivity index (χ2v) is 6.53. The number of aromatic nitrogens is 2. The van der Waals surface area contributed by atoms with Gasteiger partial charge in [-0.25, -0.2) is 0 Å². The molecule has 7 nitrogen and oxygen atoms in total. The molecule has 1 fully saturated rings. The van der Waals surface area contributed by atoms with Crippen LogP contribution >= 0.6 is 0 Å². The summed E-state index contributed by atoms with van der Waals surface area (Å²) in [7, 11) is 3.17. The predicted octanol–water partition coefficient (Wildman–Crippen LogP) is 2.22. The second-order valence-electron chi connectivity index (χ2n) is 6.53. The summed E-state index contributed by atoms with van der Waals surface area (Å²) in [5, 5.41) is 14.0. The van der Waals surface area contributed by atoms with Gasteiger partial charge in [-0.15, -0.1) is 0 Å². The van der Waals surface area contributed by atoms with Crippen molar-refractivity contribution in [2.45, 2.75) is 25.9 Å². The molecule has 1 saturated heterocycles. The van der Waals surface area contributed by atoms with Gasteiger partial charge < -0.3 is 14.6 Å². The molecule has 0 bridgehead atoms. The van der Waals surface area contributed by atoms with Crippen molar-refractivity contribution in [3.05, 3.63) is 41.7 Å². The van der Waals surface area contributed by atoms with Crippen molar-refractivity contribution in [2.75, 3.05) is 27.3 Å². The van der Waals surface area contributed by atoms with Gasteiger partial charge in [0.05, 0.1) is 26.3 Å². The van der Waals surface area contributed by atoms with Crippen molar-refractivity contribution in [1.29, 1.82) is 0 Å². The van der Waals surface area contributed by atoms with E-state index < -0.39 is 11.9 Å². The minimum atomic E-state index is -0.786. The number of carboxylic acid groups (broad SMARTS) is 1. The van der Waals surface area contributed by atoms with Crippen molar-refractivity contribution in [3.8, 4) is 11.5 Å². The van der Waals surface area contributed by atoms with E-state index >= 15 is 0 Å². The highest BCUT2D eigenvalue weighted by Gasteiger charge is 2.40. The molecule has 1 aromatic heterocycles. The number of hydrogen-bond acceptors (Lipinski definition) is 5. The molecule has 0 aliphatic carbocycles. The van der Waals surface area contributed by atoms with E-state index in [1.807, 2.05) is 42.2 Å². The van der Waals surface area contributed by atoms with Gasteiger partial charge in [-0.3, -0.25) is 14.4 Å². The summed E-state index contributed by atoms with van der Waals surface area (Å²) < 4.78 is 12.8. The van der Waals surface area contributed by atoms with E-state index in [0.29, 0.717) is 31.1 Å². The number of ether oxygens (including phenoxy) is 2. The third-order valence-corrected chi connectivity index (χ3v) is 4.96. The number of benzene rings is 1. The number of carbonyl (C=O) groups is 1. The molecule has 1 aromatic carbocycles. The van der Waals surface area contributed by atoms with Crippen LogP contribution in [0.2, 0.25) is 0 Å². The van der Waals surface area contributed by atoms with Gasteiger partial charge in [0.2, 0.25) is 0 Å². The summed E-state index contributed by atoms with van der Waals surface area (Å²) in [5.41, 5.74) is 1.97. The van der Waals surface area contributed by atoms with Crippen LogP contribution in [0.25, 0.3) is 0 Å². The third kappa shape index (κ3) is 3.53. The van der Waals surface area contributed by atoms with Crippen LogP contribution in [0.1, 0.15) is 24.0 Å². The van der Waals surface area contributed by atoms with Gasteiger partial charge in [-0.05, 0) is 13.0 Å². The quantitative estimate of drug-likeness (QED) is 0.817. The highest BCUT2D eigenvalue weighted by atomic mass is 16.5. The Morgan fingerprint density at radius 2 is 2.12 bits per heavy atom. The average Bonchev–Trinajstić information content (AvgIpc) is 3.28. The Labute approximate surface area is 153 Å². The molecule has 0 unspecified atom stereocenters. The molecular weight excluding hydrogens is 334 g/mol. The fourth-order valence-corrected chi connectivity index (χ4v) is 3.70. The standard InChI is InChI=1S/C19H25N3O4/c1-4-22-10-13(8-20-22)9-21-11-15(16(12-21)19(23)24)14-6-5-7-17(25-2)18(14)26-3/h5-8,10,15-16H,4,9,11-12H2,1-3H3,(H,23,24)/t15-,16+/m1/s1. The highest BCUT2D eigenvalue weighted by Crippen LogP contribution is 2.42. The van der Waals surface area contributed by atoms with Gasteiger partial charge in [-0.2, -0.15) is 5.10 Å². The van der Waals surface area contributed by atoms with E-state index in [-0.39, 0.29) is 5.92 Å². The summed E-state index contributed by atoms with van der Waals surface area (Å²) in [6.07, 6.45) is 3.86. The Kier molecular flexibility index (Phi) is 5.46. The first-order chi connectivity index (χ1) is 12.6. The van der Waals surface area contributed by atoms with Crippen LogP contribution in [0.5, 0.6) is 11.5 Å². The smallest absolute Gasteiger partial charge is 0.308 e. The van der Waals surface area contributed by atoms with E-state index in [4.69, 9.17) is 9.47 Å². The van der Waals surface area contributed by atoms with Crippen LogP contribution in [-0.4, -0.2) is 53.1 Å². The zero-order valence-corrected chi connectivity index (χ0v) is 15.4. The lowest BCUT2D eigenvalue weighted by molar-refractivity contribution is -0.141. The SMILES string of the molecule is CCn1cc(CN2C[C@H](C(=O)O)[C@@H](c3cccc(OC)c3OC)C2)cn1. The van der Waals surface area contributed by atoms with Crippen LogP contribution < -0.4 is 9.47 Å². The number of para-hydroxylation sites is 1. The number of methoxy groups -OCH3 is 2. The Balaban J connectivity index is 1.85. The van der Waals surface area contributed by atoms with Gasteiger partial charge in [-0.1, -0.05) is 12.1 Å².